The van der Waals surface area contributed by atoms with Crippen LogP contribution in [0.15, 0.2) is 48.5 Å². The van der Waals surface area contributed by atoms with E-state index in [2.05, 4.69) is 10.6 Å². The predicted octanol–water partition coefficient (Wildman–Crippen LogP) is 2.92. The van der Waals surface area contributed by atoms with Crippen LogP contribution in [0.4, 0.5) is 4.79 Å². The molecule has 0 heterocycles. The molecule has 2 amide bonds. The number of ether oxygens (including phenoxy) is 1. The smallest absolute Gasteiger partial charge is 0.317 e. The molecule has 0 saturated carbocycles. The second kappa shape index (κ2) is 7.36. The molecule has 5 heteroatoms. The quantitative estimate of drug-likeness (QED) is 0.744. The summed E-state index contributed by atoms with van der Waals surface area (Å²) in [6.45, 7) is 4.21. The fraction of sp³-hybridized carbons (Fsp3) is 0.235. The van der Waals surface area contributed by atoms with Crippen molar-refractivity contribution in [3.8, 4) is 11.5 Å². The molecule has 1 atom stereocenters. The van der Waals surface area contributed by atoms with Gasteiger partial charge in [0.2, 0.25) is 0 Å². The number of nitrogens with one attached hydrogen (secondary N) is 2. The average molecular weight is 300 g/mol. The van der Waals surface area contributed by atoms with Gasteiger partial charge in [0.05, 0.1) is 0 Å². The van der Waals surface area contributed by atoms with Crippen molar-refractivity contribution in [2.24, 2.45) is 0 Å². The van der Waals surface area contributed by atoms with Gasteiger partial charge in [-0.1, -0.05) is 29.8 Å². The lowest BCUT2D eigenvalue weighted by atomic mass is 10.1. The van der Waals surface area contributed by atoms with E-state index in [0.717, 1.165) is 5.56 Å². The first-order valence-electron chi connectivity index (χ1n) is 7.08. The van der Waals surface area contributed by atoms with Crippen LogP contribution >= 0.6 is 0 Å². The van der Waals surface area contributed by atoms with E-state index in [0.29, 0.717) is 12.3 Å². The van der Waals surface area contributed by atoms with Crippen LogP contribution in [0.5, 0.6) is 11.5 Å². The number of benzene rings is 2. The van der Waals surface area contributed by atoms with Crippen LogP contribution in [0.3, 0.4) is 0 Å². The summed E-state index contributed by atoms with van der Waals surface area (Å²) < 4.78 is 5.52. The maximum Gasteiger partial charge on any atom is 0.317 e. The van der Waals surface area contributed by atoms with E-state index >= 15 is 0 Å². The molecule has 0 fully saturated rings. The molecule has 116 valence electrons. The van der Waals surface area contributed by atoms with Crippen molar-refractivity contribution in [1.82, 2.24) is 10.6 Å². The van der Waals surface area contributed by atoms with Gasteiger partial charge in [-0.15, -0.1) is 0 Å². The van der Waals surface area contributed by atoms with Crippen molar-refractivity contribution in [2.45, 2.75) is 26.6 Å². The first kappa shape index (κ1) is 15.7. The van der Waals surface area contributed by atoms with Gasteiger partial charge in [0, 0.05) is 6.54 Å². The Morgan fingerprint density at radius 2 is 1.77 bits per heavy atom. The third-order valence-electron chi connectivity index (χ3n) is 3.06. The first-order chi connectivity index (χ1) is 10.5. The molecule has 2 aromatic rings. The Balaban J connectivity index is 1.76. The topological polar surface area (TPSA) is 70.6 Å². The molecule has 0 bridgehead atoms. The number of aromatic hydroxyl groups is 1. The highest BCUT2D eigenvalue weighted by molar-refractivity contribution is 5.74. The van der Waals surface area contributed by atoms with E-state index < -0.39 is 6.23 Å². The van der Waals surface area contributed by atoms with Gasteiger partial charge >= 0.3 is 6.03 Å². The Bertz CT molecular complexity index is 609. The second-order valence-electron chi connectivity index (χ2n) is 5.07. The highest BCUT2D eigenvalue weighted by Crippen LogP contribution is 2.16. The van der Waals surface area contributed by atoms with Crippen LogP contribution in [0.1, 0.15) is 18.1 Å². The highest BCUT2D eigenvalue weighted by atomic mass is 16.5. The molecule has 0 aliphatic carbocycles. The molecule has 5 nitrogen and oxygen atoms in total. The van der Waals surface area contributed by atoms with Gasteiger partial charge in [-0.2, -0.15) is 0 Å². The molecule has 22 heavy (non-hydrogen) atoms. The summed E-state index contributed by atoms with van der Waals surface area (Å²) in [5.41, 5.74) is 2.22. The normalized spacial score (nSPS) is 11.5. The zero-order valence-electron chi connectivity index (χ0n) is 12.7. The van der Waals surface area contributed by atoms with Crippen LogP contribution in [-0.4, -0.2) is 17.4 Å². The third kappa shape index (κ3) is 5.01. The van der Waals surface area contributed by atoms with Crippen LogP contribution in [0, 0.1) is 6.92 Å². The zero-order chi connectivity index (χ0) is 15.9. The van der Waals surface area contributed by atoms with Crippen LogP contribution < -0.4 is 15.4 Å². The van der Waals surface area contributed by atoms with Gasteiger partial charge in [-0.05, 0) is 43.7 Å². The molecular weight excluding hydrogens is 280 g/mol. The van der Waals surface area contributed by atoms with Gasteiger partial charge in [-0.3, -0.25) is 0 Å². The third-order valence-corrected chi connectivity index (χ3v) is 3.06. The van der Waals surface area contributed by atoms with Gasteiger partial charge < -0.3 is 20.5 Å². The number of carbonyl (C=O) groups excluding carboxylic acids is 1. The molecular formula is C17H20N2O3. The summed E-state index contributed by atoms with van der Waals surface area (Å²) in [7, 11) is 0. The van der Waals surface area contributed by atoms with Crippen molar-refractivity contribution in [2.75, 3.05) is 0 Å². The number of urea groups is 1. The van der Waals surface area contributed by atoms with Gasteiger partial charge in [0.1, 0.15) is 11.5 Å². The standard InChI is InChI=1S/C17H20N2O3/c1-12-3-5-14(6-4-12)11-18-17(21)19-13(2)22-16-9-7-15(20)8-10-16/h3-10,13,20H,11H2,1-2H3,(H2,18,19,21). The number of phenols is 1. The molecule has 0 aliphatic heterocycles. The minimum Gasteiger partial charge on any atom is -0.508 e. The van der Waals surface area contributed by atoms with E-state index in [4.69, 9.17) is 4.74 Å². The Morgan fingerprint density at radius 1 is 1.14 bits per heavy atom. The largest absolute Gasteiger partial charge is 0.508 e. The van der Waals surface area contributed by atoms with Crippen LogP contribution in [0.25, 0.3) is 0 Å². The lowest BCUT2D eigenvalue weighted by Crippen LogP contribution is -2.43. The maximum absolute atomic E-state index is 11.8. The van der Waals surface area contributed by atoms with Gasteiger partial charge in [-0.25, -0.2) is 4.79 Å². The molecule has 0 aromatic heterocycles. The number of hydrogen-bond acceptors (Lipinski definition) is 3. The molecule has 0 saturated heterocycles. The number of aryl methyl sites for hydroxylation is 1. The van der Waals surface area contributed by atoms with E-state index in [1.54, 1.807) is 19.1 Å². The summed E-state index contributed by atoms with van der Waals surface area (Å²) in [6.07, 6.45) is -0.484. The molecule has 0 spiro atoms. The van der Waals surface area contributed by atoms with E-state index in [-0.39, 0.29) is 11.8 Å². The fourth-order valence-corrected chi connectivity index (χ4v) is 1.88. The fourth-order valence-electron chi connectivity index (χ4n) is 1.88. The zero-order valence-corrected chi connectivity index (χ0v) is 12.7. The van der Waals surface area contributed by atoms with E-state index in [9.17, 15) is 9.90 Å². The number of phenolic OH excluding ortho intramolecular Hbond substituents is 1. The second-order valence-corrected chi connectivity index (χ2v) is 5.07. The molecule has 2 rings (SSSR count). The number of hydrogen-bond donors (Lipinski definition) is 3. The highest BCUT2D eigenvalue weighted by Gasteiger charge is 2.08. The summed E-state index contributed by atoms with van der Waals surface area (Å²) >= 11 is 0. The molecule has 1 unspecified atom stereocenters. The summed E-state index contributed by atoms with van der Waals surface area (Å²) in [5, 5.41) is 14.7. The maximum atomic E-state index is 11.8. The van der Waals surface area contributed by atoms with Crippen LogP contribution in [-0.2, 0) is 6.54 Å². The average Bonchev–Trinajstić information content (AvgIpc) is 2.49. The molecule has 3 N–H and O–H groups in total. The number of amides is 2. The van der Waals surface area contributed by atoms with E-state index in [1.165, 1.54) is 17.7 Å². The molecule has 0 radical (unpaired) electrons. The molecule has 0 aliphatic rings. The lowest BCUT2D eigenvalue weighted by molar-refractivity contribution is 0.177. The predicted molar refractivity (Wildman–Crippen MR) is 84.7 cm³/mol. The lowest BCUT2D eigenvalue weighted by Gasteiger charge is -2.16. The van der Waals surface area contributed by atoms with Crippen LogP contribution in [0.2, 0.25) is 0 Å². The Labute approximate surface area is 129 Å². The Kier molecular flexibility index (Phi) is 5.25. The van der Waals surface area contributed by atoms with Crippen molar-refractivity contribution >= 4 is 6.03 Å². The summed E-state index contributed by atoms with van der Waals surface area (Å²) in [4.78, 5) is 11.8. The SMILES string of the molecule is Cc1ccc(CNC(=O)NC(C)Oc2ccc(O)cc2)cc1. The minimum absolute atomic E-state index is 0.170. The van der Waals surface area contributed by atoms with Crippen molar-refractivity contribution < 1.29 is 14.6 Å². The van der Waals surface area contributed by atoms with E-state index in [1.807, 2.05) is 31.2 Å². The van der Waals surface area contributed by atoms with Crippen molar-refractivity contribution in [1.29, 1.82) is 0 Å². The Morgan fingerprint density at radius 3 is 2.41 bits per heavy atom. The number of carbonyl (C=O) groups is 1. The summed E-state index contributed by atoms with van der Waals surface area (Å²) in [5.74, 6) is 0.743. The first-order valence-corrected chi connectivity index (χ1v) is 7.08. The number of rotatable bonds is 5. The van der Waals surface area contributed by atoms with Gasteiger partial charge in [0.25, 0.3) is 0 Å². The Hall–Kier alpha value is -2.69. The minimum atomic E-state index is -0.484. The van der Waals surface area contributed by atoms with Crippen molar-refractivity contribution in [3.63, 3.8) is 0 Å². The summed E-state index contributed by atoms with van der Waals surface area (Å²) in [6, 6.07) is 14.0. The van der Waals surface area contributed by atoms with Gasteiger partial charge in [0.15, 0.2) is 6.23 Å². The molecule has 2 aromatic carbocycles. The van der Waals surface area contributed by atoms with Crippen molar-refractivity contribution in [3.05, 3.63) is 59.7 Å². The monoisotopic (exact) mass is 300 g/mol.